The molecule has 0 radical (unpaired) electrons. The Kier molecular flexibility index (Phi) is 3.74. The van der Waals surface area contributed by atoms with Gasteiger partial charge in [-0.3, -0.25) is 4.68 Å². The van der Waals surface area contributed by atoms with E-state index in [9.17, 15) is 10.1 Å². The van der Waals surface area contributed by atoms with Gasteiger partial charge in [-0.25, -0.2) is 4.79 Å². The molecular weight excluding hydrogens is 244 g/mol. The number of anilines is 1. The Morgan fingerprint density at radius 2 is 2.26 bits per heavy atom. The number of hydrogen-bond donors (Lipinski definition) is 0. The number of piperidine rings is 1. The van der Waals surface area contributed by atoms with E-state index in [1.54, 1.807) is 18.7 Å². The predicted octanol–water partition coefficient (Wildman–Crippen LogP) is 1.13. The first kappa shape index (κ1) is 13.4. The predicted molar refractivity (Wildman–Crippen MR) is 69.7 cm³/mol. The SMILES string of the molecule is COC(=O)C1CCCCN1c1c(C#N)c(C)nn1C. The van der Waals surface area contributed by atoms with Gasteiger partial charge in [0, 0.05) is 13.6 Å². The maximum Gasteiger partial charge on any atom is 0.328 e. The van der Waals surface area contributed by atoms with Crippen LogP contribution in [0.5, 0.6) is 0 Å². The highest BCUT2D eigenvalue weighted by molar-refractivity contribution is 5.80. The third-order valence-corrected chi connectivity index (χ3v) is 3.55. The van der Waals surface area contributed by atoms with Crippen molar-refractivity contribution in [3.8, 4) is 6.07 Å². The van der Waals surface area contributed by atoms with Crippen LogP contribution >= 0.6 is 0 Å². The molecule has 1 atom stereocenters. The summed E-state index contributed by atoms with van der Waals surface area (Å²) in [5.74, 6) is 0.470. The van der Waals surface area contributed by atoms with Gasteiger partial charge in [0.2, 0.25) is 0 Å². The molecule has 1 aliphatic heterocycles. The molecule has 1 aromatic rings. The number of nitriles is 1. The van der Waals surface area contributed by atoms with Crippen molar-refractivity contribution in [3.63, 3.8) is 0 Å². The summed E-state index contributed by atoms with van der Waals surface area (Å²) in [6, 6.07) is 1.86. The molecule has 2 heterocycles. The second kappa shape index (κ2) is 5.31. The molecule has 1 aliphatic rings. The third kappa shape index (κ3) is 2.28. The van der Waals surface area contributed by atoms with Gasteiger partial charge in [0.15, 0.2) is 0 Å². The quantitative estimate of drug-likeness (QED) is 0.747. The molecule has 102 valence electrons. The lowest BCUT2D eigenvalue weighted by atomic mass is 10.0. The van der Waals surface area contributed by atoms with E-state index < -0.39 is 0 Å². The number of rotatable bonds is 2. The van der Waals surface area contributed by atoms with E-state index >= 15 is 0 Å². The average molecular weight is 262 g/mol. The minimum absolute atomic E-state index is 0.248. The van der Waals surface area contributed by atoms with Crippen LogP contribution in [0.4, 0.5) is 5.82 Å². The molecule has 0 aromatic carbocycles. The van der Waals surface area contributed by atoms with Crippen molar-refractivity contribution in [2.75, 3.05) is 18.6 Å². The van der Waals surface area contributed by atoms with Crippen molar-refractivity contribution in [2.24, 2.45) is 7.05 Å². The number of aromatic nitrogens is 2. The fourth-order valence-electron chi connectivity index (χ4n) is 2.67. The Hall–Kier alpha value is -2.03. The summed E-state index contributed by atoms with van der Waals surface area (Å²) in [6.45, 7) is 2.55. The topological polar surface area (TPSA) is 71.2 Å². The molecule has 0 bridgehead atoms. The normalized spacial score (nSPS) is 19.1. The Balaban J connectivity index is 2.43. The summed E-state index contributed by atoms with van der Waals surface area (Å²) in [5.41, 5.74) is 1.23. The van der Waals surface area contributed by atoms with Crippen LogP contribution < -0.4 is 4.90 Å². The minimum Gasteiger partial charge on any atom is -0.467 e. The highest BCUT2D eigenvalue weighted by Gasteiger charge is 2.33. The lowest BCUT2D eigenvalue weighted by molar-refractivity contribution is -0.142. The summed E-state index contributed by atoms with van der Waals surface area (Å²) in [6.07, 6.45) is 2.75. The zero-order valence-electron chi connectivity index (χ0n) is 11.5. The Morgan fingerprint density at radius 3 is 2.89 bits per heavy atom. The number of hydrogen-bond acceptors (Lipinski definition) is 5. The fourth-order valence-corrected chi connectivity index (χ4v) is 2.67. The second-order valence-corrected chi connectivity index (χ2v) is 4.75. The lowest BCUT2D eigenvalue weighted by Gasteiger charge is -2.35. The van der Waals surface area contributed by atoms with Crippen LogP contribution in [-0.2, 0) is 16.6 Å². The molecule has 2 rings (SSSR count). The maximum atomic E-state index is 11.9. The molecule has 1 saturated heterocycles. The Morgan fingerprint density at radius 1 is 1.53 bits per heavy atom. The van der Waals surface area contributed by atoms with Gasteiger partial charge in [-0.2, -0.15) is 10.4 Å². The molecule has 6 nitrogen and oxygen atoms in total. The fraction of sp³-hybridized carbons (Fsp3) is 0.615. The van der Waals surface area contributed by atoms with Crippen molar-refractivity contribution < 1.29 is 9.53 Å². The van der Waals surface area contributed by atoms with Crippen LogP contribution in [-0.4, -0.2) is 35.4 Å². The van der Waals surface area contributed by atoms with E-state index in [-0.39, 0.29) is 12.0 Å². The van der Waals surface area contributed by atoms with Crippen molar-refractivity contribution in [2.45, 2.75) is 32.2 Å². The van der Waals surface area contributed by atoms with Gasteiger partial charge in [-0.05, 0) is 26.2 Å². The van der Waals surface area contributed by atoms with Crippen molar-refractivity contribution in [1.29, 1.82) is 5.26 Å². The van der Waals surface area contributed by atoms with Gasteiger partial charge < -0.3 is 9.64 Å². The molecule has 0 aliphatic carbocycles. The van der Waals surface area contributed by atoms with Crippen molar-refractivity contribution in [3.05, 3.63) is 11.3 Å². The van der Waals surface area contributed by atoms with Gasteiger partial charge >= 0.3 is 5.97 Å². The molecule has 6 heteroatoms. The lowest BCUT2D eigenvalue weighted by Crippen LogP contribution is -2.46. The highest BCUT2D eigenvalue weighted by atomic mass is 16.5. The Labute approximate surface area is 112 Å². The molecule has 0 saturated carbocycles. The highest BCUT2D eigenvalue weighted by Crippen LogP contribution is 2.29. The number of nitrogens with zero attached hydrogens (tertiary/aromatic N) is 4. The van der Waals surface area contributed by atoms with Crippen molar-refractivity contribution >= 4 is 11.8 Å². The first-order valence-electron chi connectivity index (χ1n) is 6.38. The first-order valence-corrected chi connectivity index (χ1v) is 6.38. The van der Waals surface area contributed by atoms with E-state index in [0.717, 1.165) is 31.6 Å². The summed E-state index contributed by atoms with van der Waals surface area (Å²) >= 11 is 0. The van der Waals surface area contributed by atoms with Crippen molar-refractivity contribution in [1.82, 2.24) is 9.78 Å². The molecule has 1 unspecified atom stereocenters. The first-order chi connectivity index (χ1) is 9.10. The molecule has 1 fully saturated rings. The van der Waals surface area contributed by atoms with Crippen LogP contribution in [0.1, 0.15) is 30.5 Å². The molecule has 19 heavy (non-hydrogen) atoms. The number of ether oxygens (including phenoxy) is 1. The van der Waals surface area contributed by atoms with Gasteiger partial charge in [-0.15, -0.1) is 0 Å². The smallest absolute Gasteiger partial charge is 0.328 e. The molecule has 0 N–H and O–H groups in total. The van der Waals surface area contributed by atoms with Gasteiger partial charge in [0.1, 0.15) is 23.5 Å². The zero-order chi connectivity index (χ0) is 14.0. The monoisotopic (exact) mass is 262 g/mol. The van der Waals surface area contributed by atoms with Crippen LogP contribution in [0.2, 0.25) is 0 Å². The van der Waals surface area contributed by atoms with Gasteiger partial charge in [0.05, 0.1) is 12.8 Å². The second-order valence-electron chi connectivity index (χ2n) is 4.75. The Bertz CT molecular complexity index is 529. The number of methoxy groups -OCH3 is 1. The summed E-state index contributed by atoms with van der Waals surface area (Å²) in [7, 11) is 3.20. The third-order valence-electron chi connectivity index (χ3n) is 3.55. The van der Waals surface area contributed by atoms with E-state index in [1.807, 2.05) is 4.90 Å². The van der Waals surface area contributed by atoms with Crippen LogP contribution in [0, 0.1) is 18.3 Å². The summed E-state index contributed by atoms with van der Waals surface area (Å²) in [5, 5.41) is 13.6. The van der Waals surface area contributed by atoms with E-state index in [1.165, 1.54) is 7.11 Å². The number of aryl methyl sites for hydroxylation is 2. The van der Waals surface area contributed by atoms with E-state index in [4.69, 9.17) is 4.74 Å². The van der Waals surface area contributed by atoms with Crippen LogP contribution in [0.3, 0.4) is 0 Å². The average Bonchev–Trinajstić information content (AvgIpc) is 2.71. The van der Waals surface area contributed by atoms with Crippen LogP contribution in [0.15, 0.2) is 0 Å². The minimum atomic E-state index is -0.319. The van der Waals surface area contributed by atoms with E-state index in [2.05, 4.69) is 11.2 Å². The van der Waals surface area contributed by atoms with E-state index in [0.29, 0.717) is 11.3 Å². The largest absolute Gasteiger partial charge is 0.467 e. The summed E-state index contributed by atoms with van der Waals surface area (Å²) in [4.78, 5) is 13.8. The molecule has 0 spiro atoms. The number of carbonyl (C=O) groups is 1. The van der Waals surface area contributed by atoms with Gasteiger partial charge in [-0.1, -0.05) is 0 Å². The molecule has 0 amide bonds. The molecular formula is C13H18N4O2. The molecule has 1 aromatic heterocycles. The van der Waals surface area contributed by atoms with Gasteiger partial charge in [0.25, 0.3) is 0 Å². The number of carbonyl (C=O) groups excluding carboxylic acids is 1. The standard InChI is InChI=1S/C13H18N4O2/c1-9-10(8-14)12(16(2)15-9)17-7-5-4-6-11(17)13(18)19-3/h11H,4-7H2,1-3H3. The maximum absolute atomic E-state index is 11.9. The van der Waals surface area contributed by atoms with Crippen LogP contribution in [0.25, 0.3) is 0 Å². The zero-order valence-corrected chi connectivity index (χ0v) is 11.5. The number of esters is 1. The summed E-state index contributed by atoms with van der Waals surface area (Å²) < 4.78 is 6.54.